The molecule has 0 heterocycles. The van der Waals surface area contributed by atoms with Gasteiger partial charge in [-0.1, -0.05) is 16.8 Å². The van der Waals surface area contributed by atoms with Gasteiger partial charge >= 0.3 is 0 Å². The molecule has 0 aromatic carbocycles. The van der Waals surface area contributed by atoms with Crippen molar-refractivity contribution < 1.29 is 0 Å². The van der Waals surface area contributed by atoms with Crippen LogP contribution >= 0.6 is 0 Å². The van der Waals surface area contributed by atoms with Crippen molar-refractivity contribution in [1.29, 1.82) is 0 Å². The molecular formula is C6H11NO. The van der Waals surface area contributed by atoms with Crippen molar-refractivity contribution in [2.24, 2.45) is 5.18 Å². The minimum absolute atomic E-state index is 0.408. The lowest BCUT2D eigenvalue weighted by Gasteiger charge is -1.84. The minimum Gasteiger partial charge on any atom is -0.151 e. The Kier molecular flexibility index (Phi) is 4.13. The van der Waals surface area contributed by atoms with Gasteiger partial charge in [-0.05, 0) is 20.3 Å². The molecule has 0 atom stereocenters. The molecule has 0 aromatic heterocycles. The third kappa shape index (κ3) is 5.34. The molecule has 2 heteroatoms. The Hall–Kier alpha value is -0.660. The Morgan fingerprint density at radius 1 is 1.62 bits per heavy atom. The SMILES string of the molecule is CC(C)=CCCN=O. The van der Waals surface area contributed by atoms with E-state index in [1.807, 2.05) is 19.9 Å². The van der Waals surface area contributed by atoms with Gasteiger partial charge in [-0.15, -0.1) is 0 Å². The zero-order valence-corrected chi connectivity index (χ0v) is 5.35. The molecule has 0 aromatic rings. The van der Waals surface area contributed by atoms with E-state index in [0.29, 0.717) is 6.54 Å². The van der Waals surface area contributed by atoms with Crippen LogP contribution < -0.4 is 0 Å². The maximum Gasteiger partial charge on any atom is 0.0845 e. The van der Waals surface area contributed by atoms with E-state index in [9.17, 15) is 4.91 Å². The molecule has 2 nitrogen and oxygen atoms in total. The van der Waals surface area contributed by atoms with E-state index in [1.54, 1.807) is 0 Å². The lowest BCUT2D eigenvalue weighted by atomic mass is 10.3. The Bertz CT molecular complexity index is 92.7. The monoisotopic (exact) mass is 113 g/mol. The molecule has 0 aliphatic heterocycles. The average Bonchev–Trinajstić information content (AvgIpc) is 1.66. The van der Waals surface area contributed by atoms with Crippen LogP contribution in [0.4, 0.5) is 0 Å². The Morgan fingerprint density at radius 3 is 2.62 bits per heavy atom. The smallest absolute Gasteiger partial charge is 0.0845 e. The third-order valence-electron chi connectivity index (χ3n) is 0.773. The highest BCUT2D eigenvalue weighted by molar-refractivity contribution is 4.92. The number of nitrogens with zero attached hydrogens (tertiary/aromatic N) is 1. The Balaban J connectivity index is 3.15. The summed E-state index contributed by atoms with van der Waals surface area (Å²) in [5, 5.41) is 2.71. The second-order valence-electron chi connectivity index (χ2n) is 1.92. The van der Waals surface area contributed by atoms with Crippen LogP contribution in [0.25, 0.3) is 0 Å². The largest absolute Gasteiger partial charge is 0.151 e. The number of hydrogen-bond donors (Lipinski definition) is 0. The molecule has 0 amide bonds. The summed E-state index contributed by atoms with van der Waals surface area (Å²) in [6.45, 7) is 4.42. The molecule has 8 heavy (non-hydrogen) atoms. The molecular weight excluding hydrogens is 102 g/mol. The number of allylic oxidation sites excluding steroid dienone is 1. The van der Waals surface area contributed by atoms with Crippen LogP contribution in [0, 0.1) is 4.91 Å². The van der Waals surface area contributed by atoms with Crippen molar-refractivity contribution in [2.75, 3.05) is 6.54 Å². The molecule has 0 rings (SSSR count). The van der Waals surface area contributed by atoms with Gasteiger partial charge in [-0.3, -0.25) is 0 Å². The van der Waals surface area contributed by atoms with Crippen LogP contribution in [0.15, 0.2) is 16.8 Å². The van der Waals surface area contributed by atoms with Crippen LogP contribution in [0.5, 0.6) is 0 Å². The van der Waals surface area contributed by atoms with E-state index in [-0.39, 0.29) is 0 Å². The highest BCUT2D eigenvalue weighted by Gasteiger charge is 1.78. The van der Waals surface area contributed by atoms with Gasteiger partial charge in [-0.25, -0.2) is 0 Å². The molecule has 0 spiro atoms. The second kappa shape index (κ2) is 4.50. The highest BCUT2D eigenvalue weighted by atomic mass is 16.3. The molecule has 0 unspecified atom stereocenters. The van der Waals surface area contributed by atoms with E-state index in [0.717, 1.165) is 6.42 Å². The first-order chi connectivity index (χ1) is 3.77. The number of rotatable bonds is 3. The van der Waals surface area contributed by atoms with Crippen molar-refractivity contribution >= 4 is 0 Å². The standard InChI is InChI=1S/C6H11NO/c1-6(2)4-3-5-7-8/h4H,3,5H2,1-2H3. The van der Waals surface area contributed by atoms with Crippen molar-refractivity contribution in [3.05, 3.63) is 16.6 Å². The molecule has 0 bridgehead atoms. The zero-order valence-electron chi connectivity index (χ0n) is 5.35. The van der Waals surface area contributed by atoms with E-state index < -0.39 is 0 Å². The molecule has 46 valence electrons. The summed E-state index contributed by atoms with van der Waals surface area (Å²) in [5.74, 6) is 0. The maximum absolute atomic E-state index is 9.51. The lowest BCUT2D eigenvalue weighted by Crippen LogP contribution is -1.73. The molecule has 0 aliphatic carbocycles. The quantitative estimate of drug-likeness (QED) is 0.313. The summed E-state index contributed by atoms with van der Waals surface area (Å²) in [6, 6.07) is 0. The van der Waals surface area contributed by atoms with Gasteiger partial charge in [-0.2, -0.15) is 4.91 Å². The average molecular weight is 113 g/mol. The fourth-order valence-corrected chi connectivity index (χ4v) is 0.406. The predicted molar refractivity (Wildman–Crippen MR) is 34.7 cm³/mol. The summed E-state index contributed by atoms with van der Waals surface area (Å²) in [7, 11) is 0. The summed E-state index contributed by atoms with van der Waals surface area (Å²) in [4.78, 5) is 9.51. The summed E-state index contributed by atoms with van der Waals surface area (Å²) >= 11 is 0. The Morgan fingerprint density at radius 2 is 2.25 bits per heavy atom. The Labute approximate surface area is 49.6 Å². The van der Waals surface area contributed by atoms with Crippen molar-refractivity contribution in [1.82, 2.24) is 0 Å². The first-order valence-electron chi connectivity index (χ1n) is 2.70. The predicted octanol–water partition coefficient (Wildman–Crippen LogP) is 2.11. The lowest BCUT2D eigenvalue weighted by molar-refractivity contribution is 0.986. The summed E-state index contributed by atoms with van der Waals surface area (Å²) in [5.41, 5.74) is 1.24. The zero-order chi connectivity index (χ0) is 6.41. The number of hydrogen-bond acceptors (Lipinski definition) is 2. The first kappa shape index (κ1) is 7.34. The third-order valence-corrected chi connectivity index (χ3v) is 0.773. The molecule has 0 saturated carbocycles. The van der Waals surface area contributed by atoms with Crippen molar-refractivity contribution in [2.45, 2.75) is 20.3 Å². The van der Waals surface area contributed by atoms with Gasteiger partial charge in [0.25, 0.3) is 0 Å². The van der Waals surface area contributed by atoms with Crippen LogP contribution in [0.3, 0.4) is 0 Å². The van der Waals surface area contributed by atoms with Crippen LogP contribution in [0.1, 0.15) is 20.3 Å². The van der Waals surface area contributed by atoms with Gasteiger partial charge in [0.1, 0.15) is 0 Å². The molecule has 0 saturated heterocycles. The topological polar surface area (TPSA) is 29.4 Å². The van der Waals surface area contributed by atoms with Gasteiger partial charge in [0.15, 0.2) is 0 Å². The maximum atomic E-state index is 9.51. The van der Waals surface area contributed by atoms with Gasteiger partial charge in [0.05, 0.1) is 6.54 Å². The van der Waals surface area contributed by atoms with Gasteiger partial charge < -0.3 is 0 Å². The fraction of sp³-hybridized carbons (Fsp3) is 0.667. The fourth-order valence-electron chi connectivity index (χ4n) is 0.406. The highest BCUT2D eigenvalue weighted by Crippen LogP contribution is 1.91. The van der Waals surface area contributed by atoms with E-state index in [2.05, 4.69) is 5.18 Å². The molecule has 0 fully saturated rings. The van der Waals surface area contributed by atoms with Gasteiger partial charge in [0, 0.05) is 0 Å². The molecule has 0 aliphatic rings. The van der Waals surface area contributed by atoms with E-state index >= 15 is 0 Å². The minimum atomic E-state index is 0.408. The van der Waals surface area contributed by atoms with E-state index in [4.69, 9.17) is 0 Å². The van der Waals surface area contributed by atoms with Crippen LogP contribution in [-0.4, -0.2) is 6.54 Å². The molecule has 0 radical (unpaired) electrons. The summed E-state index contributed by atoms with van der Waals surface area (Å²) in [6.07, 6.45) is 2.78. The second-order valence-corrected chi connectivity index (χ2v) is 1.92. The van der Waals surface area contributed by atoms with Crippen molar-refractivity contribution in [3.63, 3.8) is 0 Å². The summed E-state index contributed by atoms with van der Waals surface area (Å²) < 4.78 is 0. The number of nitroso groups, excluding NO2 is 1. The normalized spacial score (nSPS) is 8.25. The molecule has 0 N–H and O–H groups in total. The van der Waals surface area contributed by atoms with Gasteiger partial charge in [0.2, 0.25) is 0 Å². The van der Waals surface area contributed by atoms with Crippen LogP contribution in [-0.2, 0) is 0 Å². The van der Waals surface area contributed by atoms with E-state index in [1.165, 1.54) is 5.57 Å². The van der Waals surface area contributed by atoms with Crippen molar-refractivity contribution in [3.8, 4) is 0 Å². The first-order valence-corrected chi connectivity index (χ1v) is 2.70. The van der Waals surface area contributed by atoms with Crippen LogP contribution in [0.2, 0.25) is 0 Å².